The van der Waals surface area contributed by atoms with Crippen LogP contribution in [0.4, 0.5) is 5.69 Å². The Morgan fingerprint density at radius 2 is 2.00 bits per heavy atom. The predicted molar refractivity (Wildman–Crippen MR) is 145 cm³/mol. The van der Waals surface area contributed by atoms with Crippen LogP contribution in [0.5, 0.6) is 0 Å². The molecule has 0 aromatic carbocycles. The number of allylic oxidation sites excluding steroid dienone is 2. The van der Waals surface area contributed by atoms with E-state index in [1.165, 1.54) is 31.5 Å². The van der Waals surface area contributed by atoms with Gasteiger partial charge in [0.2, 0.25) is 0 Å². The van der Waals surface area contributed by atoms with Gasteiger partial charge in [0.25, 0.3) is 5.91 Å². The van der Waals surface area contributed by atoms with Gasteiger partial charge in [-0.15, -0.1) is 0 Å². The molecular formula is C29H40N6O2. The summed E-state index contributed by atoms with van der Waals surface area (Å²) >= 11 is 0. The summed E-state index contributed by atoms with van der Waals surface area (Å²) < 4.78 is 6.67. The van der Waals surface area contributed by atoms with E-state index in [1.54, 1.807) is 0 Å². The van der Waals surface area contributed by atoms with Gasteiger partial charge in [-0.2, -0.15) is 5.26 Å². The topological polar surface area (TPSA) is 103 Å². The Morgan fingerprint density at radius 1 is 1.22 bits per heavy atom. The molecule has 1 aromatic rings. The van der Waals surface area contributed by atoms with Gasteiger partial charge in [0, 0.05) is 6.54 Å². The largest absolute Gasteiger partial charge is 0.367 e. The highest BCUT2D eigenvalue weighted by Gasteiger charge is 2.39. The fraction of sp³-hybridized carbons (Fsp3) is 0.655. The normalized spacial score (nSPS) is 24.7. The average Bonchev–Trinajstić information content (AvgIpc) is 3.67. The highest BCUT2D eigenvalue weighted by Crippen LogP contribution is 2.44. The van der Waals surface area contributed by atoms with Crippen molar-refractivity contribution in [1.29, 1.82) is 5.26 Å². The highest BCUT2D eigenvalue weighted by molar-refractivity contribution is 6.42. The van der Waals surface area contributed by atoms with E-state index in [0.717, 1.165) is 69.5 Å². The Morgan fingerprint density at radius 3 is 2.68 bits per heavy atom. The van der Waals surface area contributed by atoms with Gasteiger partial charge in [-0.3, -0.25) is 4.79 Å². The fourth-order valence-corrected chi connectivity index (χ4v) is 5.98. The van der Waals surface area contributed by atoms with Gasteiger partial charge >= 0.3 is 0 Å². The molecule has 5 rings (SSSR count). The van der Waals surface area contributed by atoms with Gasteiger partial charge in [-0.25, -0.2) is 9.98 Å². The number of hydrogen-bond donors (Lipinski definition) is 2. The van der Waals surface area contributed by atoms with Crippen molar-refractivity contribution in [3.05, 3.63) is 29.6 Å². The first-order chi connectivity index (χ1) is 17.9. The molecule has 8 heteroatoms. The van der Waals surface area contributed by atoms with Gasteiger partial charge in [0.15, 0.2) is 11.9 Å². The zero-order chi connectivity index (χ0) is 25.9. The van der Waals surface area contributed by atoms with Crippen molar-refractivity contribution in [3.63, 3.8) is 0 Å². The molecule has 1 aromatic heterocycles. The molecule has 2 fully saturated rings. The van der Waals surface area contributed by atoms with Crippen LogP contribution < -0.4 is 10.6 Å². The van der Waals surface area contributed by atoms with Gasteiger partial charge in [0.1, 0.15) is 5.60 Å². The minimum Gasteiger partial charge on any atom is -0.367 e. The number of ether oxygens (including phenoxy) is 1. The zero-order valence-corrected chi connectivity index (χ0v) is 22.3. The maximum atomic E-state index is 13.0. The summed E-state index contributed by atoms with van der Waals surface area (Å²) in [5.41, 5.74) is 3.60. The number of aliphatic imine (C=N–C) groups is 1. The monoisotopic (exact) mass is 504 g/mol. The summed E-state index contributed by atoms with van der Waals surface area (Å²) in [5.74, 6) is -0.124. The lowest BCUT2D eigenvalue weighted by molar-refractivity contribution is -0.110. The smallest absolute Gasteiger partial charge is 0.290 e. The third-order valence-corrected chi connectivity index (χ3v) is 8.39. The van der Waals surface area contributed by atoms with E-state index in [-0.39, 0.29) is 22.8 Å². The number of carbonyl (C=O) groups excluding carboxylic acids is 1. The number of rotatable bonds is 8. The van der Waals surface area contributed by atoms with Crippen LogP contribution in [0.15, 0.2) is 23.2 Å². The van der Waals surface area contributed by atoms with Crippen molar-refractivity contribution >= 4 is 23.0 Å². The molecule has 0 radical (unpaired) electrons. The van der Waals surface area contributed by atoms with Crippen molar-refractivity contribution < 1.29 is 9.53 Å². The quantitative estimate of drug-likeness (QED) is 0.544. The molecule has 1 saturated carbocycles. The Labute approximate surface area is 220 Å². The summed E-state index contributed by atoms with van der Waals surface area (Å²) in [6.07, 6.45) is 12.1. The van der Waals surface area contributed by atoms with Crippen molar-refractivity contribution in [3.8, 4) is 6.07 Å². The molecule has 0 spiro atoms. The first kappa shape index (κ1) is 25.9. The summed E-state index contributed by atoms with van der Waals surface area (Å²) in [7, 11) is 0. The van der Waals surface area contributed by atoms with Gasteiger partial charge in [0.05, 0.1) is 36.3 Å². The molecule has 198 valence electrons. The molecule has 1 amide bonds. The number of carbonyl (C=O) groups is 1. The first-order valence-electron chi connectivity index (χ1n) is 14.0. The molecule has 3 heterocycles. The number of nitriles is 1. The number of nitrogens with zero attached hydrogens (tertiary/aromatic N) is 4. The number of amidine groups is 1. The Hall–Kier alpha value is -2.76. The Bertz CT molecular complexity index is 1110. The lowest BCUT2D eigenvalue weighted by Gasteiger charge is -2.32. The second-order valence-electron chi connectivity index (χ2n) is 11.7. The minimum absolute atomic E-state index is 0.206. The number of hydrogen-bond acceptors (Lipinski definition) is 7. The molecule has 37 heavy (non-hydrogen) atoms. The van der Waals surface area contributed by atoms with Crippen molar-refractivity contribution in [1.82, 2.24) is 15.2 Å². The van der Waals surface area contributed by atoms with Crippen LogP contribution in [0.3, 0.4) is 0 Å². The van der Waals surface area contributed by atoms with Crippen LogP contribution in [0.1, 0.15) is 83.0 Å². The molecule has 1 saturated heterocycles. The van der Waals surface area contributed by atoms with Gasteiger partial charge in [-0.1, -0.05) is 32.8 Å². The fourth-order valence-electron chi connectivity index (χ4n) is 5.98. The standard InChI is InChI=1S/C29H40N6O2/c1-28(2)13-9-21(10-14-28)25-23(33-27(36)26-31-20-22(19-30)32-26)7-8-24(34-25)29(11-3-4-12-29)37-18-17-35-15-5-6-16-35/h7-9,22H,3-6,10-18,20H2,1-2H3,(H,31,32)(H,33,36). The average molecular weight is 505 g/mol. The van der Waals surface area contributed by atoms with Crippen LogP contribution in [0, 0.1) is 16.7 Å². The van der Waals surface area contributed by atoms with E-state index in [0.29, 0.717) is 12.2 Å². The number of pyridine rings is 1. The Kier molecular flexibility index (Phi) is 7.64. The number of amides is 1. The molecule has 8 nitrogen and oxygen atoms in total. The lowest BCUT2D eigenvalue weighted by atomic mass is 9.77. The summed E-state index contributed by atoms with van der Waals surface area (Å²) in [4.78, 5) is 24.9. The summed E-state index contributed by atoms with van der Waals surface area (Å²) in [6.45, 7) is 8.99. The molecule has 1 atom stereocenters. The van der Waals surface area contributed by atoms with Gasteiger partial charge in [-0.05, 0) is 81.2 Å². The summed E-state index contributed by atoms with van der Waals surface area (Å²) in [6, 6.07) is 5.59. The minimum atomic E-state index is -0.524. The molecule has 1 unspecified atom stereocenters. The highest BCUT2D eigenvalue weighted by atomic mass is 16.5. The molecule has 4 aliphatic rings. The van der Waals surface area contributed by atoms with Crippen LogP contribution in [0.25, 0.3) is 5.57 Å². The molecule has 2 aliphatic carbocycles. The Balaban J connectivity index is 1.42. The predicted octanol–water partition coefficient (Wildman–Crippen LogP) is 4.39. The molecule has 2 N–H and O–H groups in total. The zero-order valence-electron chi connectivity index (χ0n) is 22.3. The van der Waals surface area contributed by atoms with Crippen molar-refractivity contribution in [2.45, 2.75) is 83.3 Å². The number of likely N-dealkylation sites (tertiary alicyclic amines) is 1. The maximum absolute atomic E-state index is 13.0. The van der Waals surface area contributed by atoms with Crippen LogP contribution in [0.2, 0.25) is 0 Å². The summed E-state index contributed by atoms with van der Waals surface area (Å²) in [5, 5.41) is 15.1. The van der Waals surface area contributed by atoms with E-state index in [9.17, 15) is 4.79 Å². The molecule has 2 aliphatic heterocycles. The van der Waals surface area contributed by atoms with E-state index in [4.69, 9.17) is 15.0 Å². The third kappa shape index (κ3) is 5.89. The number of nitrogens with one attached hydrogen (secondary N) is 2. The van der Waals surface area contributed by atoms with Gasteiger partial charge < -0.3 is 20.3 Å². The molecular weight excluding hydrogens is 464 g/mol. The second-order valence-corrected chi connectivity index (χ2v) is 11.7. The van der Waals surface area contributed by atoms with E-state index >= 15 is 0 Å². The van der Waals surface area contributed by atoms with E-state index in [1.807, 2.05) is 12.1 Å². The van der Waals surface area contributed by atoms with E-state index in [2.05, 4.69) is 46.5 Å². The number of aromatic nitrogens is 1. The van der Waals surface area contributed by atoms with E-state index < -0.39 is 6.04 Å². The lowest BCUT2D eigenvalue weighted by Crippen LogP contribution is -2.34. The SMILES string of the molecule is CC1(C)CC=C(c2nc(C3(OCCN4CCCC4)CCCC3)ccc2NC(=O)C2=NC(C#N)CN2)CC1. The van der Waals surface area contributed by atoms with Crippen molar-refractivity contribution in [2.24, 2.45) is 10.4 Å². The maximum Gasteiger partial charge on any atom is 0.290 e. The van der Waals surface area contributed by atoms with Crippen LogP contribution in [-0.4, -0.2) is 60.5 Å². The van der Waals surface area contributed by atoms with Crippen LogP contribution in [-0.2, 0) is 15.1 Å². The van der Waals surface area contributed by atoms with Crippen molar-refractivity contribution in [2.75, 3.05) is 38.1 Å². The molecule has 0 bridgehead atoms. The number of anilines is 1. The second kappa shape index (κ2) is 10.9. The first-order valence-corrected chi connectivity index (χ1v) is 14.0. The third-order valence-electron chi connectivity index (χ3n) is 8.39. The van der Waals surface area contributed by atoms with Crippen LogP contribution >= 0.6 is 0 Å².